The number of hydrogen-bond donors (Lipinski definition) is 1. The molecule has 0 spiro atoms. The molecule has 3 heteroatoms. The average molecular weight is 236 g/mol. The van der Waals surface area contributed by atoms with Gasteiger partial charge in [-0.05, 0) is 43.4 Å². The largest absolute Gasteiger partial charge is 0.481 e. The van der Waals surface area contributed by atoms with Gasteiger partial charge in [-0.2, -0.15) is 0 Å². The molecule has 1 N–H and O–H groups in total. The van der Waals surface area contributed by atoms with Gasteiger partial charge >= 0.3 is 5.97 Å². The summed E-state index contributed by atoms with van der Waals surface area (Å²) in [5.41, 5.74) is -0.178. The van der Waals surface area contributed by atoms with E-state index < -0.39 is 11.4 Å². The first kappa shape index (κ1) is 12.1. The van der Waals surface area contributed by atoms with Crippen molar-refractivity contribution in [1.82, 2.24) is 0 Å². The third kappa shape index (κ3) is 2.06. The Hall–Kier alpha value is -1.38. The van der Waals surface area contributed by atoms with Crippen LogP contribution in [0.2, 0.25) is 0 Å². The Labute approximate surface area is 100 Å². The molecule has 92 valence electrons. The smallest absolute Gasteiger partial charge is 0.314 e. The number of carbonyl (C=O) groups is 1. The van der Waals surface area contributed by atoms with Crippen LogP contribution < -0.4 is 0 Å². The standard InChI is InChI=1S/C14H17FO2/c1-14(13(16)17,10-4-2-3-5-10)11-6-8-12(15)9-7-11/h6-10H,2-5H2,1H3,(H,16,17). The van der Waals surface area contributed by atoms with Crippen LogP contribution >= 0.6 is 0 Å². The summed E-state index contributed by atoms with van der Waals surface area (Å²) in [7, 11) is 0. The quantitative estimate of drug-likeness (QED) is 0.873. The second-order valence-corrected chi connectivity index (χ2v) is 5.00. The molecule has 0 radical (unpaired) electrons. The molecule has 0 bridgehead atoms. The van der Waals surface area contributed by atoms with Crippen molar-refractivity contribution in [3.05, 3.63) is 35.6 Å². The highest BCUT2D eigenvalue weighted by Crippen LogP contribution is 2.42. The van der Waals surface area contributed by atoms with Crippen molar-refractivity contribution in [2.45, 2.75) is 38.0 Å². The predicted octanol–water partition coefficient (Wildman–Crippen LogP) is 3.36. The Morgan fingerprint density at radius 2 is 1.82 bits per heavy atom. The van der Waals surface area contributed by atoms with Gasteiger partial charge in [0.2, 0.25) is 0 Å². The molecule has 1 aromatic rings. The predicted molar refractivity (Wildman–Crippen MR) is 63.3 cm³/mol. The molecule has 1 atom stereocenters. The summed E-state index contributed by atoms with van der Waals surface area (Å²) >= 11 is 0. The normalized spacial score (nSPS) is 20.1. The van der Waals surface area contributed by atoms with Crippen molar-refractivity contribution >= 4 is 5.97 Å². The van der Waals surface area contributed by atoms with E-state index >= 15 is 0 Å². The minimum Gasteiger partial charge on any atom is -0.481 e. The molecular weight excluding hydrogens is 219 g/mol. The van der Waals surface area contributed by atoms with E-state index in [1.807, 2.05) is 0 Å². The number of carboxylic acids is 1. The number of rotatable bonds is 3. The van der Waals surface area contributed by atoms with Crippen LogP contribution in [0.15, 0.2) is 24.3 Å². The van der Waals surface area contributed by atoms with E-state index in [9.17, 15) is 14.3 Å². The van der Waals surface area contributed by atoms with Crippen molar-refractivity contribution in [3.8, 4) is 0 Å². The zero-order chi connectivity index (χ0) is 12.5. The molecule has 0 heterocycles. The van der Waals surface area contributed by atoms with Crippen LogP contribution in [0.5, 0.6) is 0 Å². The highest BCUT2D eigenvalue weighted by atomic mass is 19.1. The lowest BCUT2D eigenvalue weighted by molar-refractivity contribution is -0.145. The van der Waals surface area contributed by atoms with Gasteiger partial charge in [-0.3, -0.25) is 4.79 Å². The molecular formula is C14H17FO2. The van der Waals surface area contributed by atoms with Gasteiger partial charge in [0, 0.05) is 0 Å². The van der Waals surface area contributed by atoms with Crippen molar-refractivity contribution < 1.29 is 14.3 Å². The molecule has 2 nitrogen and oxygen atoms in total. The van der Waals surface area contributed by atoms with Gasteiger partial charge in [0.1, 0.15) is 5.82 Å². The van der Waals surface area contributed by atoms with E-state index in [1.54, 1.807) is 19.1 Å². The van der Waals surface area contributed by atoms with E-state index in [1.165, 1.54) is 12.1 Å². The van der Waals surface area contributed by atoms with Crippen LogP contribution in [-0.2, 0) is 10.2 Å². The lowest BCUT2D eigenvalue weighted by atomic mass is 9.71. The van der Waals surface area contributed by atoms with Gasteiger partial charge in [-0.15, -0.1) is 0 Å². The monoisotopic (exact) mass is 236 g/mol. The van der Waals surface area contributed by atoms with Crippen LogP contribution in [0, 0.1) is 11.7 Å². The Kier molecular flexibility index (Phi) is 3.18. The molecule has 0 aromatic heterocycles. The van der Waals surface area contributed by atoms with Crippen molar-refractivity contribution in [2.75, 3.05) is 0 Å². The Morgan fingerprint density at radius 3 is 2.29 bits per heavy atom. The summed E-state index contributed by atoms with van der Waals surface area (Å²) < 4.78 is 12.9. The first-order chi connectivity index (χ1) is 8.05. The molecule has 1 fully saturated rings. The summed E-state index contributed by atoms with van der Waals surface area (Å²) in [5, 5.41) is 9.52. The van der Waals surface area contributed by atoms with Gasteiger partial charge in [-0.1, -0.05) is 25.0 Å². The summed E-state index contributed by atoms with van der Waals surface area (Å²) in [4.78, 5) is 11.6. The molecule has 0 saturated heterocycles. The van der Waals surface area contributed by atoms with Crippen molar-refractivity contribution in [1.29, 1.82) is 0 Å². The van der Waals surface area contributed by atoms with Crippen molar-refractivity contribution in [2.24, 2.45) is 5.92 Å². The molecule has 1 aliphatic carbocycles. The van der Waals surface area contributed by atoms with Gasteiger partial charge in [0.25, 0.3) is 0 Å². The average Bonchev–Trinajstić information content (AvgIpc) is 2.82. The van der Waals surface area contributed by atoms with Crippen molar-refractivity contribution in [3.63, 3.8) is 0 Å². The lowest BCUT2D eigenvalue weighted by Gasteiger charge is -2.31. The summed E-state index contributed by atoms with van der Waals surface area (Å²) in [6.07, 6.45) is 4.07. The number of hydrogen-bond acceptors (Lipinski definition) is 1. The van der Waals surface area contributed by atoms with Gasteiger partial charge < -0.3 is 5.11 Å². The number of aliphatic carboxylic acids is 1. The first-order valence-corrected chi connectivity index (χ1v) is 6.04. The topological polar surface area (TPSA) is 37.3 Å². The highest BCUT2D eigenvalue weighted by Gasteiger charge is 2.43. The molecule has 17 heavy (non-hydrogen) atoms. The minimum absolute atomic E-state index is 0.158. The summed E-state index contributed by atoms with van der Waals surface area (Å²) in [6, 6.07) is 5.88. The maximum absolute atomic E-state index is 12.9. The van der Waals surface area contributed by atoms with E-state index in [-0.39, 0.29) is 11.7 Å². The van der Waals surface area contributed by atoms with Crippen LogP contribution in [0.4, 0.5) is 4.39 Å². The Balaban J connectivity index is 2.39. The highest BCUT2D eigenvalue weighted by molar-refractivity contribution is 5.81. The van der Waals surface area contributed by atoms with Crippen LogP contribution in [0.3, 0.4) is 0 Å². The summed E-state index contributed by atoms with van der Waals surface area (Å²) in [5.74, 6) is -0.977. The van der Waals surface area contributed by atoms with E-state index in [0.29, 0.717) is 5.56 Å². The maximum atomic E-state index is 12.9. The third-order valence-corrected chi connectivity index (χ3v) is 4.06. The molecule has 1 aromatic carbocycles. The number of benzene rings is 1. The Bertz CT molecular complexity index is 407. The van der Waals surface area contributed by atoms with E-state index in [2.05, 4.69) is 0 Å². The molecule has 2 rings (SSSR count). The van der Waals surface area contributed by atoms with Gasteiger partial charge in [-0.25, -0.2) is 4.39 Å². The van der Waals surface area contributed by atoms with E-state index in [0.717, 1.165) is 25.7 Å². The van der Waals surface area contributed by atoms with Crippen LogP contribution in [0.1, 0.15) is 38.2 Å². The SMILES string of the molecule is CC(C(=O)O)(c1ccc(F)cc1)C1CCCC1. The molecule has 0 amide bonds. The first-order valence-electron chi connectivity index (χ1n) is 6.04. The van der Waals surface area contributed by atoms with Gasteiger partial charge in [0.05, 0.1) is 5.41 Å². The Morgan fingerprint density at radius 1 is 1.29 bits per heavy atom. The zero-order valence-corrected chi connectivity index (χ0v) is 9.95. The van der Waals surface area contributed by atoms with Crippen LogP contribution in [0.25, 0.3) is 0 Å². The van der Waals surface area contributed by atoms with Crippen LogP contribution in [-0.4, -0.2) is 11.1 Å². The molecule has 0 aliphatic heterocycles. The third-order valence-electron chi connectivity index (χ3n) is 4.06. The molecule has 1 saturated carbocycles. The molecule has 1 unspecified atom stereocenters. The summed E-state index contributed by atoms with van der Waals surface area (Å²) in [6.45, 7) is 1.76. The maximum Gasteiger partial charge on any atom is 0.314 e. The zero-order valence-electron chi connectivity index (χ0n) is 9.95. The second kappa shape index (κ2) is 4.47. The van der Waals surface area contributed by atoms with Gasteiger partial charge in [0.15, 0.2) is 0 Å². The fourth-order valence-corrected chi connectivity index (χ4v) is 2.83. The molecule has 1 aliphatic rings. The second-order valence-electron chi connectivity index (χ2n) is 5.00. The van der Waals surface area contributed by atoms with E-state index in [4.69, 9.17) is 0 Å². The fourth-order valence-electron chi connectivity index (χ4n) is 2.83. The fraction of sp³-hybridized carbons (Fsp3) is 0.500. The lowest BCUT2D eigenvalue weighted by Crippen LogP contribution is -2.39. The minimum atomic E-state index is -0.885. The number of carboxylic acid groups (broad SMARTS) is 1. The number of halogens is 1.